The van der Waals surface area contributed by atoms with E-state index < -0.39 is 0 Å². The van der Waals surface area contributed by atoms with Crippen LogP contribution in [0.5, 0.6) is 5.75 Å². The average molecular weight is 316 g/mol. The summed E-state index contributed by atoms with van der Waals surface area (Å²) in [7, 11) is 0. The van der Waals surface area contributed by atoms with Crippen LogP contribution >= 0.6 is 0 Å². The van der Waals surface area contributed by atoms with Gasteiger partial charge < -0.3 is 9.64 Å². The summed E-state index contributed by atoms with van der Waals surface area (Å²) in [4.78, 5) is 17.0. The van der Waals surface area contributed by atoms with E-state index in [0.717, 1.165) is 51.3 Å². The van der Waals surface area contributed by atoms with Gasteiger partial charge in [-0.3, -0.25) is 9.69 Å². The van der Waals surface area contributed by atoms with Crippen molar-refractivity contribution >= 4 is 5.91 Å². The van der Waals surface area contributed by atoms with Gasteiger partial charge in [-0.2, -0.15) is 0 Å². The Morgan fingerprint density at radius 3 is 2.52 bits per heavy atom. The fourth-order valence-corrected chi connectivity index (χ4v) is 3.71. The van der Waals surface area contributed by atoms with E-state index in [2.05, 4.69) is 21.9 Å². The highest BCUT2D eigenvalue weighted by molar-refractivity contribution is 5.79. The third kappa shape index (κ3) is 4.05. The molecule has 0 radical (unpaired) electrons. The Kier molecular flexibility index (Phi) is 5.55. The molecule has 3 rings (SSSR count). The monoisotopic (exact) mass is 316 g/mol. The van der Waals surface area contributed by atoms with Gasteiger partial charge >= 0.3 is 0 Å². The Bertz CT molecular complexity index is 518. The third-order valence-electron chi connectivity index (χ3n) is 5.02. The SMILES string of the molecule is CCOc1ccccc1CN1CCC(C(=O)N2CCCC2)CC1. The molecule has 0 aromatic heterocycles. The quantitative estimate of drug-likeness (QED) is 0.837. The van der Waals surface area contributed by atoms with Crippen molar-refractivity contribution in [2.75, 3.05) is 32.8 Å². The minimum atomic E-state index is 0.242. The Morgan fingerprint density at radius 1 is 1.13 bits per heavy atom. The molecule has 2 aliphatic rings. The Morgan fingerprint density at radius 2 is 1.83 bits per heavy atom. The molecule has 0 spiro atoms. The van der Waals surface area contributed by atoms with Crippen LogP contribution in [0.2, 0.25) is 0 Å². The van der Waals surface area contributed by atoms with Crippen molar-refractivity contribution in [1.29, 1.82) is 0 Å². The second-order valence-electron chi connectivity index (χ2n) is 6.62. The highest BCUT2D eigenvalue weighted by atomic mass is 16.5. The number of para-hydroxylation sites is 1. The van der Waals surface area contributed by atoms with Crippen LogP contribution < -0.4 is 4.74 Å². The molecular formula is C19H28N2O2. The number of piperidine rings is 1. The molecule has 4 nitrogen and oxygen atoms in total. The molecule has 2 fully saturated rings. The molecule has 0 N–H and O–H groups in total. The summed E-state index contributed by atoms with van der Waals surface area (Å²) in [5, 5.41) is 0. The zero-order valence-electron chi connectivity index (χ0n) is 14.2. The zero-order valence-corrected chi connectivity index (χ0v) is 14.2. The molecular weight excluding hydrogens is 288 g/mol. The highest BCUT2D eigenvalue weighted by Crippen LogP contribution is 2.25. The Labute approximate surface area is 139 Å². The summed E-state index contributed by atoms with van der Waals surface area (Å²) in [5.74, 6) is 1.63. The summed E-state index contributed by atoms with van der Waals surface area (Å²) in [6, 6.07) is 8.28. The molecule has 0 atom stereocenters. The molecule has 126 valence electrons. The lowest BCUT2D eigenvalue weighted by Gasteiger charge is -2.33. The van der Waals surface area contributed by atoms with Crippen molar-refractivity contribution in [3.8, 4) is 5.75 Å². The number of carbonyl (C=O) groups excluding carboxylic acids is 1. The number of likely N-dealkylation sites (tertiary alicyclic amines) is 2. The van der Waals surface area contributed by atoms with Crippen LogP contribution in [-0.2, 0) is 11.3 Å². The lowest BCUT2D eigenvalue weighted by molar-refractivity contribution is -0.136. The zero-order chi connectivity index (χ0) is 16.1. The van der Waals surface area contributed by atoms with Gasteiger partial charge in [0.05, 0.1) is 6.61 Å². The maximum absolute atomic E-state index is 12.5. The Balaban J connectivity index is 1.52. The number of hydrogen-bond acceptors (Lipinski definition) is 3. The first-order valence-electron chi connectivity index (χ1n) is 8.99. The first kappa shape index (κ1) is 16.3. The lowest BCUT2D eigenvalue weighted by Crippen LogP contribution is -2.41. The number of ether oxygens (including phenoxy) is 1. The molecule has 0 bridgehead atoms. The molecule has 1 aromatic carbocycles. The maximum atomic E-state index is 12.5. The van der Waals surface area contributed by atoms with Gasteiger partial charge in [0, 0.05) is 31.1 Å². The van der Waals surface area contributed by atoms with E-state index in [1.54, 1.807) is 0 Å². The first-order valence-corrected chi connectivity index (χ1v) is 8.99. The van der Waals surface area contributed by atoms with Gasteiger partial charge in [-0.25, -0.2) is 0 Å². The maximum Gasteiger partial charge on any atom is 0.225 e. The fraction of sp³-hybridized carbons (Fsp3) is 0.632. The van der Waals surface area contributed by atoms with Crippen LogP contribution in [0, 0.1) is 5.92 Å². The summed E-state index contributed by atoms with van der Waals surface area (Å²) >= 11 is 0. The lowest BCUT2D eigenvalue weighted by atomic mass is 9.95. The Hall–Kier alpha value is -1.55. The first-order chi connectivity index (χ1) is 11.3. The molecule has 0 unspecified atom stereocenters. The van der Waals surface area contributed by atoms with Crippen LogP contribution in [0.3, 0.4) is 0 Å². The predicted octanol–water partition coefficient (Wildman–Crippen LogP) is 2.92. The van der Waals surface area contributed by atoms with E-state index in [-0.39, 0.29) is 5.92 Å². The number of carbonyl (C=O) groups is 1. The van der Waals surface area contributed by atoms with Crippen LogP contribution in [0.4, 0.5) is 0 Å². The van der Waals surface area contributed by atoms with E-state index >= 15 is 0 Å². The number of nitrogens with zero attached hydrogens (tertiary/aromatic N) is 2. The smallest absolute Gasteiger partial charge is 0.225 e. The molecule has 2 saturated heterocycles. The van der Waals surface area contributed by atoms with Gasteiger partial charge in [0.1, 0.15) is 5.75 Å². The number of hydrogen-bond donors (Lipinski definition) is 0. The molecule has 2 aliphatic heterocycles. The molecule has 4 heteroatoms. The van der Waals surface area contributed by atoms with Crippen molar-refractivity contribution in [3.63, 3.8) is 0 Å². The van der Waals surface area contributed by atoms with Crippen LogP contribution in [0.15, 0.2) is 24.3 Å². The van der Waals surface area contributed by atoms with E-state index in [0.29, 0.717) is 12.5 Å². The van der Waals surface area contributed by atoms with Gasteiger partial charge in [0.25, 0.3) is 0 Å². The van der Waals surface area contributed by atoms with Gasteiger partial charge in [-0.15, -0.1) is 0 Å². The van der Waals surface area contributed by atoms with Crippen molar-refractivity contribution < 1.29 is 9.53 Å². The van der Waals surface area contributed by atoms with Crippen LogP contribution in [0.1, 0.15) is 38.2 Å². The number of rotatable bonds is 5. The van der Waals surface area contributed by atoms with Crippen molar-refractivity contribution in [3.05, 3.63) is 29.8 Å². The standard InChI is InChI=1S/C19H28N2O2/c1-2-23-18-8-4-3-7-17(18)15-20-13-9-16(10-14-20)19(22)21-11-5-6-12-21/h3-4,7-8,16H,2,5-6,9-15H2,1H3. The van der Waals surface area contributed by atoms with Crippen molar-refractivity contribution in [1.82, 2.24) is 9.80 Å². The largest absolute Gasteiger partial charge is 0.494 e. The van der Waals surface area contributed by atoms with Gasteiger partial charge in [0.2, 0.25) is 5.91 Å². The molecule has 0 saturated carbocycles. The normalized spacial score (nSPS) is 20.0. The highest BCUT2D eigenvalue weighted by Gasteiger charge is 2.29. The van der Waals surface area contributed by atoms with E-state index in [9.17, 15) is 4.79 Å². The molecule has 2 heterocycles. The van der Waals surface area contributed by atoms with E-state index in [4.69, 9.17) is 4.74 Å². The second-order valence-corrected chi connectivity index (χ2v) is 6.62. The third-order valence-corrected chi connectivity index (χ3v) is 5.02. The van der Waals surface area contributed by atoms with Gasteiger partial charge in [-0.05, 0) is 51.8 Å². The summed E-state index contributed by atoms with van der Waals surface area (Å²) in [6.07, 6.45) is 4.34. The molecule has 1 aromatic rings. The van der Waals surface area contributed by atoms with Gasteiger partial charge in [-0.1, -0.05) is 18.2 Å². The fourth-order valence-electron chi connectivity index (χ4n) is 3.71. The minimum Gasteiger partial charge on any atom is -0.494 e. The van der Waals surface area contributed by atoms with Crippen LogP contribution in [-0.4, -0.2) is 48.5 Å². The minimum absolute atomic E-state index is 0.242. The summed E-state index contributed by atoms with van der Waals surface area (Å²) in [5.41, 5.74) is 1.25. The predicted molar refractivity (Wildman–Crippen MR) is 91.4 cm³/mol. The number of benzene rings is 1. The van der Waals surface area contributed by atoms with Crippen molar-refractivity contribution in [2.45, 2.75) is 39.2 Å². The summed E-state index contributed by atoms with van der Waals surface area (Å²) < 4.78 is 5.72. The average Bonchev–Trinajstić information content (AvgIpc) is 3.11. The second kappa shape index (κ2) is 7.82. The van der Waals surface area contributed by atoms with E-state index in [1.807, 2.05) is 19.1 Å². The topological polar surface area (TPSA) is 32.8 Å². The van der Waals surface area contributed by atoms with Crippen molar-refractivity contribution in [2.24, 2.45) is 5.92 Å². The molecule has 0 aliphatic carbocycles. The molecule has 23 heavy (non-hydrogen) atoms. The summed E-state index contributed by atoms with van der Waals surface area (Å²) in [6.45, 7) is 7.59. The van der Waals surface area contributed by atoms with Crippen LogP contribution in [0.25, 0.3) is 0 Å². The van der Waals surface area contributed by atoms with E-state index in [1.165, 1.54) is 18.4 Å². The van der Waals surface area contributed by atoms with Gasteiger partial charge in [0.15, 0.2) is 0 Å². The molecule has 1 amide bonds. The number of amides is 1.